The van der Waals surface area contributed by atoms with Crippen molar-refractivity contribution in [2.24, 2.45) is 0 Å². The number of hydrogen-bond acceptors (Lipinski definition) is 3. The Morgan fingerprint density at radius 2 is 1.76 bits per heavy atom. The number of fused-ring (bicyclic) bond motifs is 3. The third-order valence-electron chi connectivity index (χ3n) is 4.51. The van der Waals surface area contributed by atoms with Gasteiger partial charge in [-0.25, -0.2) is 4.98 Å². The van der Waals surface area contributed by atoms with Crippen molar-refractivity contribution in [1.82, 2.24) is 0 Å². The Labute approximate surface area is 171 Å². The molecule has 2 aromatic heterocycles. The van der Waals surface area contributed by atoms with E-state index in [0.717, 1.165) is 11.6 Å². The number of nitrogen functional groups attached to an aromatic ring is 1. The molecule has 5 rings (SSSR count). The molecule has 0 atom stereocenters. The Bertz CT molecular complexity index is 1050. The van der Waals surface area contributed by atoms with Gasteiger partial charge in [0.15, 0.2) is 0 Å². The summed E-state index contributed by atoms with van der Waals surface area (Å²) >= 11 is 3.45. The number of thiophene rings is 1. The van der Waals surface area contributed by atoms with Crippen molar-refractivity contribution in [1.29, 1.82) is 0 Å². The van der Waals surface area contributed by atoms with E-state index in [9.17, 15) is 0 Å². The number of aromatic amines is 1. The summed E-state index contributed by atoms with van der Waals surface area (Å²) < 4.78 is 0. The molecule has 0 unspecified atom stereocenters. The predicted molar refractivity (Wildman–Crippen MR) is 102 cm³/mol. The Hall–Kier alpha value is -1.70. The Balaban J connectivity index is 0.00000157. The van der Waals surface area contributed by atoms with E-state index in [1.54, 1.807) is 22.7 Å². The first-order chi connectivity index (χ1) is 11.8. The van der Waals surface area contributed by atoms with Crippen LogP contribution in [-0.2, 0) is 6.42 Å². The monoisotopic (exact) mass is 474 g/mol. The molecule has 1 aliphatic rings. The van der Waals surface area contributed by atoms with Gasteiger partial charge in [-0.15, -0.1) is 11.3 Å². The average Bonchev–Trinajstić information content (AvgIpc) is 3.30. The summed E-state index contributed by atoms with van der Waals surface area (Å²) in [5, 5.41) is 2.92. The van der Waals surface area contributed by atoms with Gasteiger partial charge in [0.1, 0.15) is 5.69 Å². The Morgan fingerprint density at radius 3 is 2.56 bits per heavy atom. The van der Waals surface area contributed by atoms with Gasteiger partial charge in [0.25, 0.3) is 0 Å². The van der Waals surface area contributed by atoms with Crippen LogP contribution in [-0.4, -0.2) is 0 Å². The Kier molecular flexibility index (Phi) is 4.39. The van der Waals surface area contributed by atoms with E-state index in [-0.39, 0.29) is 24.0 Å². The lowest BCUT2D eigenvalue weighted by molar-refractivity contribution is -0.340. The van der Waals surface area contributed by atoms with Gasteiger partial charge in [0.2, 0.25) is 0 Å². The summed E-state index contributed by atoms with van der Waals surface area (Å²) in [5.41, 5.74) is 13.6. The van der Waals surface area contributed by atoms with Crippen molar-refractivity contribution in [3.8, 4) is 32.8 Å². The van der Waals surface area contributed by atoms with Crippen molar-refractivity contribution in [3.63, 3.8) is 0 Å². The van der Waals surface area contributed by atoms with Gasteiger partial charge in [0, 0.05) is 16.9 Å². The van der Waals surface area contributed by atoms with Crippen LogP contribution in [0.4, 0.5) is 5.13 Å². The number of nitrogens with two attached hydrogens (primary N) is 1. The maximum Gasteiger partial charge on any atom is 0.330 e. The third-order valence-corrected chi connectivity index (χ3v) is 6.33. The minimum atomic E-state index is 0. The van der Waals surface area contributed by atoms with Gasteiger partial charge >= 0.3 is 5.13 Å². The molecule has 124 valence electrons. The first-order valence-electron chi connectivity index (χ1n) is 7.86. The molecule has 0 fully saturated rings. The smallest absolute Gasteiger partial charge is 0.330 e. The highest BCUT2D eigenvalue weighted by molar-refractivity contribution is 7.15. The van der Waals surface area contributed by atoms with Gasteiger partial charge in [0.05, 0.1) is 4.88 Å². The van der Waals surface area contributed by atoms with Crippen molar-refractivity contribution < 1.29 is 29.0 Å². The summed E-state index contributed by atoms with van der Waals surface area (Å²) in [5.74, 6) is 0. The molecule has 2 heterocycles. The van der Waals surface area contributed by atoms with Crippen LogP contribution in [0, 0.1) is 0 Å². The van der Waals surface area contributed by atoms with E-state index in [1.165, 1.54) is 43.3 Å². The number of thiazole rings is 1. The number of aromatic nitrogens is 1. The van der Waals surface area contributed by atoms with Crippen LogP contribution in [0.5, 0.6) is 0 Å². The highest BCUT2D eigenvalue weighted by Crippen LogP contribution is 2.41. The number of H-pyrrole nitrogens is 1. The number of rotatable bonds is 2. The van der Waals surface area contributed by atoms with Crippen LogP contribution in [0.3, 0.4) is 0 Å². The van der Waals surface area contributed by atoms with Crippen LogP contribution in [0.1, 0.15) is 10.4 Å². The summed E-state index contributed by atoms with van der Waals surface area (Å²) in [6.45, 7) is 0. The molecule has 2 nitrogen and oxygen atoms in total. The normalized spacial score (nSPS) is 11.7. The number of nitrogens with one attached hydrogen (secondary N) is 1. The highest BCUT2D eigenvalue weighted by Gasteiger charge is 2.26. The fraction of sp³-hybridized carbons (Fsp3) is 0.0500. The molecule has 0 spiro atoms. The molecule has 0 bridgehead atoms. The van der Waals surface area contributed by atoms with E-state index in [4.69, 9.17) is 5.73 Å². The third kappa shape index (κ3) is 2.80. The molecule has 25 heavy (non-hydrogen) atoms. The zero-order valence-corrected chi connectivity index (χ0v) is 17.0. The van der Waals surface area contributed by atoms with E-state index >= 15 is 0 Å². The maximum absolute atomic E-state index is 5.91. The minimum Gasteiger partial charge on any atom is -1.00 e. The summed E-state index contributed by atoms with van der Waals surface area (Å²) in [7, 11) is 0. The SMILES string of the molecule is Nc1[nH+]c2c(s1)Cc1cc(-c3ccccc3-c3cccs3)ccc1-2.[I-]. The van der Waals surface area contributed by atoms with Crippen LogP contribution in [0.25, 0.3) is 32.8 Å². The fourth-order valence-corrected chi connectivity index (χ4v) is 5.13. The summed E-state index contributed by atoms with van der Waals surface area (Å²) in [6, 6.07) is 19.7. The van der Waals surface area contributed by atoms with Crippen molar-refractivity contribution in [3.05, 3.63) is 70.4 Å². The zero-order valence-electron chi connectivity index (χ0n) is 13.3. The fourth-order valence-electron chi connectivity index (χ4n) is 3.45. The molecule has 2 aromatic carbocycles. The summed E-state index contributed by atoms with van der Waals surface area (Å²) in [6.07, 6.45) is 0.970. The molecule has 4 aromatic rings. The van der Waals surface area contributed by atoms with Crippen LogP contribution >= 0.6 is 22.7 Å². The molecule has 0 radical (unpaired) electrons. The first-order valence-corrected chi connectivity index (χ1v) is 9.56. The lowest BCUT2D eigenvalue weighted by Gasteiger charge is -2.10. The maximum atomic E-state index is 5.91. The number of hydrogen-bond donors (Lipinski definition) is 1. The van der Waals surface area contributed by atoms with Gasteiger partial charge in [-0.3, -0.25) is 5.73 Å². The lowest BCUT2D eigenvalue weighted by Crippen LogP contribution is -3.00. The topological polar surface area (TPSA) is 40.2 Å². The molecule has 0 amide bonds. The van der Waals surface area contributed by atoms with Crippen molar-refractivity contribution in [2.75, 3.05) is 5.73 Å². The lowest BCUT2D eigenvalue weighted by atomic mass is 9.95. The average molecular weight is 474 g/mol. The molecule has 1 aliphatic carbocycles. The number of halogens is 1. The van der Waals surface area contributed by atoms with Gasteiger partial charge < -0.3 is 24.0 Å². The highest BCUT2D eigenvalue weighted by atomic mass is 127. The molecule has 5 heteroatoms. The minimum absolute atomic E-state index is 0. The first kappa shape index (κ1) is 16.8. The Morgan fingerprint density at radius 1 is 0.920 bits per heavy atom. The van der Waals surface area contributed by atoms with E-state index in [1.807, 2.05) is 0 Å². The van der Waals surface area contributed by atoms with E-state index in [0.29, 0.717) is 0 Å². The van der Waals surface area contributed by atoms with Crippen LogP contribution in [0.15, 0.2) is 60.0 Å². The predicted octanol–water partition coefficient (Wildman–Crippen LogP) is 2.12. The van der Waals surface area contributed by atoms with E-state index < -0.39 is 0 Å². The molecular formula is C20H15IN2S2. The number of anilines is 1. The largest absolute Gasteiger partial charge is 1.00 e. The van der Waals surface area contributed by atoms with Gasteiger partial charge in [-0.1, -0.05) is 53.8 Å². The van der Waals surface area contributed by atoms with Crippen molar-refractivity contribution >= 4 is 27.8 Å². The molecule has 0 saturated heterocycles. The molecular weight excluding hydrogens is 459 g/mol. The second-order valence-electron chi connectivity index (χ2n) is 5.96. The quantitative estimate of drug-likeness (QED) is 0.392. The zero-order chi connectivity index (χ0) is 16.1. The van der Waals surface area contributed by atoms with Gasteiger partial charge in [-0.2, -0.15) is 0 Å². The van der Waals surface area contributed by atoms with E-state index in [2.05, 4.69) is 65.0 Å². The molecule has 0 aliphatic heterocycles. The summed E-state index contributed by atoms with van der Waals surface area (Å²) in [4.78, 5) is 5.95. The van der Waals surface area contributed by atoms with Crippen LogP contribution < -0.4 is 34.7 Å². The van der Waals surface area contributed by atoms with Gasteiger partial charge in [-0.05, 0) is 39.8 Å². The standard InChI is InChI=1S/C20H14N2S2.HI/c21-20-22-19-15-8-7-12(10-13(15)11-18(19)24-20)14-4-1-2-5-16(14)17-6-3-9-23-17;/h1-10H,11H2,(H2,21,22);1H. The second-order valence-corrected chi connectivity index (χ2v) is 8.05. The second kappa shape index (κ2) is 6.55. The molecule has 0 saturated carbocycles. The van der Waals surface area contributed by atoms with Crippen LogP contribution in [0.2, 0.25) is 0 Å². The molecule has 3 N–H and O–H groups in total. The number of benzene rings is 2. The van der Waals surface area contributed by atoms with Crippen molar-refractivity contribution in [2.45, 2.75) is 6.42 Å².